The van der Waals surface area contributed by atoms with Crippen molar-refractivity contribution in [3.8, 4) is 6.07 Å². The molecule has 4 nitrogen and oxygen atoms in total. The molecular formula is C21H25N3O. The van der Waals surface area contributed by atoms with Gasteiger partial charge in [0.2, 0.25) is 0 Å². The van der Waals surface area contributed by atoms with Crippen molar-refractivity contribution in [2.75, 3.05) is 0 Å². The molecule has 0 aliphatic carbocycles. The quantitative estimate of drug-likeness (QED) is 0.641. The molecule has 4 heteroatoms. The first-order valence-corrected chi connectivity index (χ1v) is 8.53. The molecule has 25 heavy (non-hydrogen) atoms. The van der Waals surface area contributed by atoms with Gasteiger partial charge in [-0.15, -0.1) is 0 Å². The van der Waals surface area contributed by atoms with Gasteiger partial charge in [-0.3, -0.25) is 4.79 Å². The van der Waals surface area contributed by atoms with E-state index >= 15 is 0 Å². The Labute approximate surface area is 149 Å². The van der Waals surface area contributed by atoms with Crippen molar-refractivity contribution in [3.05, 3.63) is 64.5 Å². The summed E-state index contributed by atoms with van der Waals surface area (Å²) in [7, 11) is 0. The fraction of sp³-hybridized carbons (Fsp3) is 0.333. The van der Waals surface area contributed by atoms with Gasteiger partial charge in [0.1, 0.15) is 11.6 Å². The van der Waals surface area contributed by atoms with Crippen LogP contribution in [0.2, 0.25) is 0 Å². The van der Waals surface area contributed by atoms with Gasteiger partial charge < -0.3 is 9.88 Å². The molecule has 0 saturated carbocycles. The van der Waals surface area contributed by atoms with Crippen molar-refractivity contribution in [1.82, 2.24) is 9.88 Å². The number of hydrogen-bond donors (Lipinski definition) is 1. The maximum atomic E-state index is 12.3. The molecule has 0 radical (unpaired) electrons. The molecule has 0 fully saturated rings. The maximum Gasteiger partial charge on any atom is 0.262 e. The molecule has 0 aliphatic heterocycles. The molecule has 130 valence electrons. The molecule has 0 spiro atoms. The van der Waals surface area contributed by atoms with Gasteiger partial charge >= 0.3 is 0 Å². The molecule has 1 heterocycles. The SMILES string of the molecule is Cc1cc(C=C(C#N)C(=O)NCc2ccccc2)c(C)n1CC(C)C. The monoisotopic (exact) mass is 335 g/mol. The Morgan fingerprint density at radius 1 is 1.28 bits per heavy atom. The summed E-state index contributed by atoms with van der Waals surface area (Å²) >= 11 is 0. The Morgan fingerprint density at radius 3 is 2.56 bits per heavy atom. The van der Waals surface area contributed by atoms with Crippen LogP contribution in [0, 0.1) is 31.1 Å². The van der Waals surface area contributed by atoms with Crippen molar-refractivity contribution in [1.29, 1.82) is 5.26 Å². The van der Waals surface area contributed by atoms with Crippen LogP contribution in [0.15, 0.2) is 42.0 Å². The summed E-state index contributed by atoms with van der Waals surface area (Å²) in [5, 5.41) is 12.2. The number of benzene rings is 1. The van der Waals surface area contributed by atoms with E-state index in [9.17, 15) is 10.1 Å². The summed E-state index contributed by atoms with van der Waals surface area (Å²) in [5.74, 6) is 0.186. The first kappa shape index (κ1) is 18.5. The van der Waals surface area contributed by atoms with Crippen molar-refractivity contribution in [2.45, 2.75) is 40.8 Å². The minimum absolute atomic E-state index is 0.126. The van der Waals surface area contributed by atoms with E-state index in [1.165, 1.54) is 0 Å². The van der Waals surface area contributed by atoms with Crippen LogP contribution in [0.3, 0.4) is 0 Å². The van der Waals surface area contributed by atoms with E-state index in [-0.39, 0.29) is 11.5 Å². The van der Waals surface area contributed by atoms with Crippen molar-refractivity contribution in [2.24, 2.45) is 5.92 Å². The first-order valence-electron chi connectivity index (χ1n) is 8.53. The van der Waals surface area contributed by atoms with E-state index in [1.807, 2.05) is 56.3 Å². The number of carbonyl (C=O) groups is 1. The highest BCUT2D eigenvalue weighted by molar-refractivity contribution is 6.01. The van der Waals surface area contributed by atoms with E-state index in [0.717, 1.165) is 29.1 Å². The zero-order valence-corrected chi connectivity index (χ0v) is 15.3. The number of hydrogen-bond acceptors (Lipinski definition) is 2. The van der Waals surface area contributed by atoms with Gasteiger partial charge in [0.25, 0.3) is 5.91 Å². The Hall–Kier alpha value is -2.80. The highest BCUT2D eigenvalue weighted by Gasteiger charge is 2.13. The highest BCUT2D eigenvalue weighted by atomic mass is 16.1. The molecule has 1 amide bonds. The smallest absolute Gasteiger partial charge is 0.262 e. The number of aromatic nitrogens is 1. The molecule has 0 aliphatic rings. The number of rotatable bonds is 6. The van der Waals surface area contributed by atoms with Crippen LogP contribution in [-0.4, -0.2) is 10.5 Å². The third-order valence-electron chi connectivity index (χ3n) is 4.12. The van der Waals surface area contributed by atoms with E-state index in [2.05, 4.69) is 23.7 Å². The topological polar surface area (TPSA) is 57.8 Å². The first-order chi connectivity index (χ1) is 11.9. The zero-order chi connectivity index (χ0) is 18.4. The lowest BCUT2D eigenvalue weighted by molar-refractivity contribution is -0.117. The van der Waals surface area contributed by atoms with Crippen molar-refractivity contribution < 1.29 is 4.79 Å². The highest BCUT2D eigenvalue weighted by Crippen LogP contribution is 2.19. The Morgan fingerprint density at radius 2 is 1.96 bits per heavy atom. The summed E-state index contributed by atoms with van der Waals surface area (Å²) in [6, 6.07) is 13.7. The predicted octanol–water partition coefficient (Wildman–Crippen LogP) is 3.98. The van der Waals surface area contributed by atoms with Crippen molar-refractivity contribution in [3.63, 3.8) is 0 Å². The summed E-state index contributed by atoms with van der Waals surface area (Å²) in [6.07, 6.45) is 1.68. The summed E-state index contributed by atoms with van der Waals surface area (Å²) < 4.78 is 2.23. The van der Waals surface area contributed by atoms with Crippen LogP contribution in [0.1, 0.15) is 36.4 Å². The predicted molar refractivity (Wildman–Crippen MR) is 101 cm³/mol. The van der Waals surface area contributed by atoms with Crippen LogP contribution in [0.5, 0.6) is 0 Å². The molecule has 2 aromatic rings. The standard InChI is InChI=1S/C21H25N3O/c1-15(2)14-24-16(3)10-19(17(24)4)11-20(12-22)21(25)23-13-18-8-6-5-7-9-18/h5-11,15H,13-14H2,1-4H3,(H,23,25). The Balaban J connectivity index is 2.17. The Kier molecular flexibility index (Phi) is 6.19. The van der Waals surface area contributed by atoms with Crippen molar-refractivity contribution >= 4 is 12.0 Å². The number of nitriles is 1. The van der Waals surface area contributed by atoms with Crippen LogP contribution < -0.4 is 5.32 Å². The van der Waals surface area contributed by atoms with E-state index < -0.39 is 0 Å². The van der Waals surface area contributed by atoms with Gasteiger partial charge in [-0.25, -0.2) is 0 Å². The molecule has 0 bridgehead atoms. The normalized spacial score (nSPS) is 11.4. The minimum atomic E-state index is -0.347. The zero-order valence-electron chi connectivity index (χ0n) is 15.3. The number of amides is 1. The lowest BCUT2D eigenvalue weighted by atomic mass is 10.1. The number of nitrogens with one attached hydrogen (secondary N) is 1. The third kappa shape index (κ3) is 4.84. The lowest BCUT2D eigenvalue weighted by Gasteiger charge is -2.12. The fourth-order valence-corrected chi connectivity index (χ4v) is 2.80. The molecule has 0 unspecified atom stereocenters. The fourth-order valence-electron chi connectivity index (χ4n) is 2.80. The summed E-state index contributed by atoms with van der Waals surface area (Å²) in [4.78, 5) is 12.3. The van der Waals surface area contributed by atoms with Gasteiger partial charge in [-0.1, -0.05) is 44.2 Å². The third-order valence-corrected chi connectivity index (χ3v) is 4.12. The van der Waals surface area contributed by atoms with Crippen LogP contribution in [0.25, 0.3) is 6.08 Å². The van der Waals surface area contributed by atoms with Crippen LogP contribution >= 0.6 is 0 Å². The van der Waals surface area contributed by atoms with E-state index in [1.54, 1.807) is 6.08 Å². The average molecular weight is 335 g/mol. The molecular weight excluding hydrogens is 310 g/mol. The van der Waals surface area contributed by atoms with Gasteiger partial charge in [-0.2, -0.15) is 5.26 Å². The molecule has 0 saturated heterocycles. The maximum absolute atomic E-state index is 12.3. The average Bonchev–Trinajstić information content (AvgIpc) is 2.85. The molecule has 1 N–H and O–H groups in total. The van der Waals surface area contributed by atoms with Gasteiger partial charge in [0.05, 0.1) is 0 Å². The van der Waals surface area contributed by atoms with Crippen LogP contribution in [-0.2, 0) is 17.9 Å². The number of carbonyl (C=O) groups excluding carboxylic acids is 1. The van der Waals surface area contributed by atoms with Gasteiger partial charge in [-0.05, 0) is 43.0 Å². The molecule has 1 aromatic carbocycles. The van der Waals surface area contributed by atoms with Gasteiger partial charge in [0, 0.05) is 24.5 Å². The second kappa shape index (κ2) is 8.34. The molecule has 0 atom stereocenters. The van der Waals surface area contributed by atoms with Gasteiger partial charge in [0.15, 0.2) is 0 Å². The van der Waals surface area contributed by atoms with E-state index in [0.29, 0.717) is 12.5 Å². The summed E-state index contributed by atoms with van der Waals surface area (Å²) in [6.45, 7) is 9.75. The Bertz CT molecular complexity index is 808. The largest absolute Gasteiger partial charge is 0.348 e. The molecule has 1 aromatic heterocycles. The second-order valence-electron chi connectivity index (χ2n) is 6.67. The molecule has 2 rings (SSSR count). The number of aryl methyl sites for hydroxylation is 1. The lowest BCUT2D eigenvalue weighted by Crippen LogP contribution is -2.23. The second-order valence-corrected chi connectivity index (χ2v) is 6.67. The summed E-state index contributed by atoms with van der Waals surface area (Å²) in [5.41, 5.74) is 4.27. The number of nitrogens with zero attached hydrogens (tertiary/aromatic N) is 2. The minimum Gasteiger partial charge on any atom is -0.348 e. The van der Waals surface area contributed by atoms with Crippen LogP contribution in [0.4, 0.5) is 0 Å². The van der Waals surface area contributed by atoms with E-state index in [4.69, 9.17) is 0 Å².